The minimum absolute atomic E-state index is 0.0338. The van der Waals surface area contributed by atoms with Gasteiger partial charge in [0.05, 0.1) is 53.7 Å². The lowest BCUT2D eigenvalue weighted by Crippen LogP contribution is -2.53. The molecule has 1 saturated carbocycles. The summed E-state index contributed by atoms with van der Waals surface area (Å²) in [6.45, 7) is 0. The Kier molecular flexibility index (Phi) is 10.5. The number of phenolic OH excluding ortho intramolecular Hbond substituents is 1. The molecule has 64 heavy (non-hydrogen) atoms. The summed E-state index contributed by atoms with van der Waals surface area (Å²) < 4.78 is 51.9. The Hall–Kier alpha value is -6.71. The highest BCUT2D eigenvalue weighted by molar-refractivity contribution is 6.33. The smallest absolute Gasteiger partial charge is 0.417 e. The molecule has 1 aromatic heterocycles. The number of hydrogen-bond donors (Lipinski definition) is 2. The maximum absolute atomic E-state index is 15.5. The van der Waals surface area contributed by atoms with E-state index in [9.17, 15) is 32.7 Å². The van der Waals surface area contributed by atoms with Gasteiger partial charge in [-0.1, -0.05) is 77.3 Å². The van der Waals surface area contributed by atoms with Gasteiger partial charge in [0.15, 0.2) is 23.1 Å². The number of benzene rings is 4. The Morgan fingerprint density at radius 2 is 1.48 bits per heavy atom. The number of hydrazine groups is 1. The zero-order chi connectivity index (χ0) is 45.4. The monoisotopic (exact) mass is 910 g/mol. The van der Waals surface area contributed by atoms with E-state index in [0.717, 1.165) is 4.90 Å². The van der Waals surface area contributed by atoms with Gasteiger partial charge >= 0.3 is 6.18 Å². The summed E-state index contributed by atoms with van der Waals surface area (Å²) in [5, 5.41) is 11.5. The van der Waals surface area contributed by atoms with Gasteiger partial charge in [-0.15, -0.1) is 0 Å². The summed E-state index contributed by atoms with van der Waals surface area (Å²) in [4.78, 5) is 77.9. The van der Waals surface area contributed by atoms with Crippen LogP contribution in [0.4, 0.5) is 24.7 Å². The summed E-state index contributed by atoms with van der Waals surface area (Å²) in [5.74, 6) is -8.86. The molecule has 9 rings (SSSR count). The van der Waals surface area contributed by atoms with Gasteiger partial charge in [0.2, 0.25) is 17.6 Å². The van der Waals surface area contributed by atoms with E-state index in [1.165, 1.54) is 38.5 Å². The van der Waals surface area contributed by atoms with Gasteiger partial charge in [0.1, 0.15) is 0 Å². The number of hydrogen-bond acceptors (Lipinski definition) is 10. The third kappa shape index (κ3) is 6.59. The van der Waals surface area contributed by atoms with E-state index in [0.29, 0.717) is 50.1 Å². The lowest BCUT2D eigenvalue weighted by atomic mass is 9.49. The molecule has 0 radical (unpaired) electrons. The van der Waals surface area contributed by atoms with E-state index in [-0.39, 0.29) is 41.6 Å². The Balaban J connectivity index is 1.18. The van der Waals surface area contributed by atoms with Crippen LogP contribution in [0.15, 0.2) is 115 Å². The van der Waals surface area contributed by atoms with Crippen molar-refractivity contribution in [3.63, 3.8) is 0 Å². The average Bonchev–Trinajstić information content (AvgIpc) is 3.67. The minimum atomic E-state index is -4.79. The number of rotatable bonds is 9. The van der Waals surface area contributed by atoms with E-state index in [1.54, 1.807) is 66.7 Å². The van der Waals surface area contributed by atoms with E-state index in [1.807, 2.05) is 6.08 Å². The normalized spacial score (nSPS) is 23.9. The molecular weight excluding hydrogens is 876 g/mol. The molecule has 0 unspecified atom stereocenters. The van der Waals surface area contributed by atoms with Crippen molar-refractivity contribution in [2.75, 3.05) is 24.5 Å². The SMILES string of the molecule is COc1cc([C@H]2C3=CC[C@@H]4C(=O)N(c5ccc(C(=O)c6ccccc6)cc5)C(=O)[C@@H]4[C@@H]3C[C@H]3C(=O)N(Nc4ncc(C(F)(F)F)cc4Cl)C(=O)[C@@]23c2ccc(Cl)cc2)cc(OC)c1O. The van der Waals surface area contributed by atoms with E-state index in [2.05, 4.69) is 10.4 Å². The number of nitrogens with one attached hydrogen (secondary N) is 1. The number of pyridine rings is 1. The number of ether oxygens (including phenoxy) is 2. The maximum Gasteiger partial charge on any atom is 0.417 e. The van der Waals surface area contributed by atoms with Crippen LogP contribution in [0.5, 0.6) is 17.2 Å². The van der Waals surface area contributed by atoms with Crippen molar-refractivity contribution < 1.29 is 51.7 Å². The zero-order valence-electron chi connectivity index (χ0n) is 33.7. The fourth-order valence-electron chi connectivity index (χ4n) is 10.0. The summed E-state index contributed by atoms with van der Waals surface area (Å²) in [6.07, 6.45) is -2.52. The first kappa shape index (κ1) is 42.6. The molecule has 0 spiro atoms. The largest absolute Gasteiger partial charge is 0.502 e. The number of nitrogens with zero attached hydrogens (tertiary/aromatic N) is 3. The first-order chi connectivity index (χ1) is 30.6. The highest BCUT2D eigenvalue weighted by Crippen LogP contribution is 2.65. The van der Waals surface area contributed by atoms with Gasteiger partial charge in [-0.2, -0.15) is 18.2 Å². The predicted molar refractivity (Wildman–Crippen MR) is 227 cm³/mol. The second kappa shape index (κ2) is 15.8. The van der Waals surface area contributed by atoms with Crippen LogP contribution in [0.25, 0.3) is 0 Å². The van der Waals surface area contributed by atoms with Gasteiger partial charge in [-0.05, 0) is 84.5 Å². The fraction of sp³-hybridized carbons (Fsp3) is 0.234. The molecule has 17 heteroatoms. The Morgan fingerprint density at radius 3 is 2.09 bits per heavy atom. The number of imide groups is 2. The molecule has 3 heterocycles. The number of methoxy groups -OCH3 is 2. The summed E-state index contributed by atoms with van der Waals surface area (Å²) in [5.41, 5.74) is 1.85. The van der Waals surface area contributed by atoms with Crippen molar-refractivity contribution >= 4 is 64.1 Å². The number of carbonyl (C=O) groups is 5. The molecule has 5 aromatic rings. The summed E-state index contributed by atoms with van der Waals surface area (Å²) >= 11 is 12.7. The molecule has 4 amide bonds. The van der Waals surface area contributed by atoms with Gasteiger partial charge in [0.25, 0.3) is 11.8 Å². The van der Waals surface area contributed by atoms with Crippen molar-refractivity contribution in [1.29, 1.82) is 0 Å². The van der Waals surface area contributed by atoms with Crippen molar-refractivity contribution in [1.82, 2.24) is 9.99 Å². The zero-order valence-corrected chi connectivity index (χ0v) is 35.2. The van der Waals surface area contributed by atoms with Crippen LogP contribution in [0.2, 0.25) is 10.0 Å². The van der Waals surface area contributed by atoms with Crippen LogP contribution >= 0.6 is 23.2 Å². The predicted octanol–water partition coefficient (Wildman–Crippen LogP) is 8.55. The van der Waals surface area contributed by atoms with Crippen LogP contribution in [-0.2, 0) is 30.8 Å². The third-order valence-electron chi connectivity index (χ3n) is 12.8. The third-order valence-corrected chi connectivity index (χ3v) is 13.4. The first-order valence-corrected chi connectivity index (χ1v) is 20.7. The van der Waals surface area contributed by atoms with E-state index in [4.69, 9.17) is 32.7 Å². The lowest BCUT2D eigenvalue weighted by Gasteiger charge is -2.50. The standard InChI is InChI=1S/C47H35Cl2F3N4O8/c1-63-35-18-25(19-36(64-2)40(35)58)38-30-16-17-31-37(44(61)55(42(31)59)29-14-8-24(9-15-29)39(57)23-6-4-3-5-7-23)32(30)21-33-43(60)56(45(62)46(33,38)26-10-12-28(48)13-11-26)54-41-34(49)20-27(22-53-41)47(50,51)52/h3-16,18-20,22,31-33,37-38,58H,17,21H2,1-2H3,(H,53,54)/t31-,32+,33-,37-,38-,46+/m0/s1. The molecule has 6 atom stereocenters. The number of alkyl halides is 3. The molecule has 4 aliphatic rings. The van der Waals surface area contributed by atoms with E-state index >= 15 is 9.59 Å². The molecule has 12 nitrogen and oxygen atoms in total. The van der Waals surface area contributed by atoms with Crippen molar-refractivity contribution in [2.45, 2.75) is 30.4 Å². The number of amides is 4. The number of anilines is 2. The molecule has 2 aliphatic carbocycles. The second-order valence-corrected chi connectivity index (χ2v) is 16.8. The number of aromatic nitrogens is 1. The van der Waals surface area contributed by atoms with Crippen LogP contribution < -0.4 is 19.8 Å². The molecule has 2 aliphatic heterocycles. The van der Waals surface area contributed by atoms with Crippen molar-refractivity contribution in [3.8, 4) is 17.2 Å². The highest BCUT2D eigenvalue weighted by Gasteiger charge is 2.70. The van der Waals surface area contributed by atoms with E-state index < -0.39 is 81.2 Å². The lowest BCUT2D eigenvalue weighted by molar-refractivity contribution is -0.139. The first-order valence-electron chi connectivity index (χ1n) is 20.0. The number of halogens is 5. The molecule has 4 aromatic carbocycles. The minimum Gasteiger partial charge on any atom is -0.502 e. The van der Waals surface area contributed by atoms with Gasteiger partial charge in [0, 0.05) is 28.3 Å². The van der Waals surface area contributed by atoms with Crippen LogP contribution in [0.1, 0.15) is 51.4 Å². The molecular formula is C47H35Cl2F3N4O8. The summed E-state index contributed by atoms with van der Waals surface area (Å²) in [7, 11) is 2.64. The summed E-state index contributed by atoms with van der Waals surface area (Å²) in [6, 6.07) is 24.7. The maximum atomic E-state index is 15.5. The Morgan fingerprint density at radius 1 is 0.844 bits per heavy atom. The number of phenols is 1. The average molecular weight is 912 g/mol. The van der Waals surface area contributed by atoms with Gasteiger partial charge < -0.3 is 14.6 Å². The second-order valence-electron chi connectivity index (χ2n) is 15.9. The number of carbonyl (C=O) groups excluding carboxylic acids is 5. The van der Waals surface area contributed by atoms with Gasteiger partial charge in [-0.3, -0.25) is 34.3 Å². The fourth-order valence-corrected chi connectivity index (χ4v) is 10.3. The molecule has 3 fully saturated rings. The Labute approximate surface area is 373 Å². The molecule has 2 N–H and O–H groups in total. The van der Waals surface area contributed by atoms with Crippen LogP contribution in [-0.4, -0.2) is 58.7 Å². The van der Waals surface area contributed by atoms with Crippen LogP contribution in [0.3, 0.4) is 0 Å². The quantitative estimate of drug-likeness (QED) is 0.0835. The van der Waals surface area contributed by atoms with Crippen molar-refractivity contribution in [2.24, 2.45) is 23.7 Å². The van der Waals surface area contributed by atoms with Crippen molar-refractivity contribution in [3.05, 3.63) is 153 Å². The highest BCUT2D eigenvalue weighted by atomic mass is 35.5. The number of allylic oxidation sites excluding steroid dienone is 2. The molecule has 326 valence electrons. The number of fused-ring (bicyclic) bond motifs is 4. The molecule has 2 saturated heterocycles. The molecule has 0 bridgehead atoms. The number of ketones is 1. The topological polar surface area (TPSA) is 155 Å². The van der Waals surface area contributed by atoms with Gasteiger partial charge in [-0.25, -0.2) is 4.98 Å². The Bertz CT molecular complexity index is 2780. The number of aromatic hydroxyl groups is 1. The van der Waals surface area contributed by atoms with Crippen LogP contribution in [0, 0.1) is 23.7 Å².